The van der Waals surface area contributed by atoms with E-state index in [-0.39, 0.29) is 6.03 Å². The van der Waals surface area contributed by atoms with Crippen molar-refractivity contribution >= 4 is 23.3 Å². The van der Waals surface area contributed by atoms with Crippen molar-refractivity contribution in [1.82, 2.24) is 10.2 Å². The van der Waals surface area contributed by atoms with Crippen LogP contribution in [0.15, 0.2) is 18.2 Å². The van der Waals surface area contributed by atoms with Gasteiger partial charge in [0.1, 0.15) is 12.4 Å². The van der Waals surface area contributed by atoms with Gasteiger partial charge < -0.3 is 25.0 Å². The lowest BCUT2D eigenvalue weighted by atomic mass is 10.3. The molecule has 0 aliphatic carbocycles. The van der Waals surface area contributed by atoms with Crippen LogP contribution in [0.2, 0.25) is 5.02 Å². The van der Waals surface area contributed by atoms with Crippen LogP contribution in [0.4, 0.5) is 10.5 Å². The number of anilines is 1. The molecule has 0 saturated carbocycles. The van der Waals surface area contributed by atoms with Crippen LogP contribution in [0.1, 0.15) is 13.8 Å². The lowest BCUT2D eigenvalue weighted by Crippen LogP contribution is -2.37. The second-order valence-corrected chi connectivity index (χ2v) is 5.85. The molecule has 130 valence electrons. The molecule has 1 aromatic rings. The molecule has 0 saturated heterocycles. The molecule has 2 N–H and O–H groups in total. The van der Waals surface area contributed by atoms with E-state index in [9.17, 15) is 4.79 Å². The van der Waals surface area contributed by atoms with E-state index < -0.39 is 0 Å². The molecular weight excluding hydrogens is 318 g/mol. The van der Waals surface area contributed by atoms with Crippen molar-refractivity contribution < 1.29 is 14.3 Å². The molecule has 0 fully saturated rings. The van der Waals surface area contributed by atoms with E-state index in [4.69, 9.17) is 21.1 Å². The van der Waals surface area contributed by atoms with Gasteiger partial charge in [0.25, 0.3) is 0 Å². The summed E-state index contributed by atoms with van der Waals surface area (Å²) in [4.78, 5) is 14.0. The first-order valence-electron chi connectivity index (χ1n) is 7.60. The van der Waals surface area contributed by atoms with Crippen molar-refractivity contribution in [1.29, 1.82) is 0 Å². The van der Waals surface area contributed by atoms with Crippen LogP contribution < -0.4 is 15.4 Å². The Bertz CT molecular complexity index is 497. The SMILES string of the molecule is COCCOc1ccc(NC(=O)NCCN(C)C(C)C)cc1Cl. The topological polar surface area (TPSA) is 62.8 Å². The van der Waals surface area contributed by atoms with E-state index in [1.54, 1.807) is 25.3 Å². The normalized spacial score (nSPS) is 10.9. The van der Waals surface area contributed by atoms with Gasteiger partial charge in [0.05, 0.1) is 11.6 Å². The second-order valence-electron chi connectivity index (χ2n) is 5.44. The Labute approximate surface area is 143 Å². The quantitative estimate of drug-likeness (QED) is 0.677. The number of halogens is 1. The zero-order valence-corrected chi connectivity index (χ0v) is 14.9. The van der Waals surface area contributed by atoms with Crippen LogP contribution in [0, 0.1) is 0 Å². The van der Waals surface area contributed by atoms with E-state index in [1.807, 2.05) is 7.05 Å². The number of urea groups is 1. The molecule has 0 aliphatic rings. The highest BCUT2D eigenvalue weighted by molar-refractivity contribution is 6.32. The van der Waals surface area contributed by atoms with Crippen LogP contribution in [0.3, 0.4) is 0 Å². The highest BCUT2D eigenvalue weighted by Gasteiger charge is 2.07. The van der Waals surface area contributed by atoms with E-state index in [1.165, 1.54) is 0 Å². The molecule has 0 atom stereocenters. The molecule has 0 spiro atoms. The molecule has 23 heavy (non-hydrogen) atoms. The van der Waals surface area contributed by atoms with Gasteiger partial charge in [-0.25, -0.2) is 4.79 Å². The Morgan fingerprint density at radius 2 is 2.09 bits per heavy atom. The van der Waals surface area contributed by atoms with E-state index in [0.717, 1.165) is 6.54 Å². The van der Waals surface area contributed by atoms with Gasteiger partial charge in [-0.3, -0.25) is 0 Å². The fourth-order valence-electron chi connectivity index (χ4n) is 1.71. The molecule has 7 heteroatoms. The summed E-state index contributed by atoms with van der Waals surface area (Å²) >= 11 is 6.13. The molecule has 1 rings (SSSR count). The van der Waals surface area contributed by atoms with Crippen LogP contribution in [-0.4, -0.2) is 57.4 Å². The van der Waals surface area contributed by atoms with Crippen LogP contribution in [0.25, 0.3) is 0 Å². The van der Waals surface area contributed by atoms with E-state index >= 15 is 0 Å². The minimum absolute atomic E-state index is 0.258. The molecule has 1 aromatic carbocycles. The Morgan fingerprint density at radius 3 is 2.70 bits per heavy atom. The Kier molecular flexibility index (Phi) is 8.76. The van der Waals surface area contributed by atoms with Crippen molar-refractivity contribution in [2.24, 2.45) is 0 Å². The average Bonchev–Trinajstić information content (AvgIpc) is 2.49. The Balaban J connectivity index is 2.41. The number of hydrogen-bond donors (Lipinski definition) is 2. The monoisotopic (exact) mass is 343 g/mol. The lowest BCUT2D eigenvalue weighted by Gasteiger charge is -2.20. The lowest BCUT2D eigenvalue weighted by molar-refractivity contribution is 0.146. The molecule has 0 radical (unpaired) electrons. The first kappa shape index (κ1) is 19.5. The van der Waals surface area contributed by atoms with E-state index in [0.29, 0.717) is 42.3 Å². The highest BCUT2D eigenvalue weighted by Crippen LogP contribution is 2.27. The summed E-state index contributed by atoms with van der Waals surface area (Å²) in [6, 6.07) is 5.31. The molecule has 0 heterocycles. The summed E-state index contributed by atoms with van der Waals surface area (Å²) in [6.45, 7) is 6.50. The average molecular weight is 344 g/mol. The van der Waals surface area contributed by atoms with Crippen LogP contribution >= 0.6 is 11.6 Å². The minimum atomic E-state index is -0.258. The maximum absolute atomic E-state index is 11.8. The predicted octanol–water partition coefficient (Wildman–Crippen LogP) is 2.83. The minimum Gasteiger partial charge on any atom is -0.490 e. The van der Waals surface area contributed by atoms with Crippen LogP contribution in [-0.2, 0) is 4.74 Å². The number of benzene rings is 1. The number of amides is 2. The Hall–Kier alpha value is -1.50. The number of likely N-dealkylation sites (N-methyl/N-ethyl adjacent to an activating group) is 1. The second kappa shape index (κ2) is 10.3. The van der Waals surface area contributed by atoms with Gasteiger partial charge in [-0.2, -0.15) is 0 Å². The summed E-state index contributed by atoms with van der Waals surface area (Å²) in [7, 11) is 3.63. The summed E-state index contributed by atoms with van der Waals surface area (Å²) in [6.07, 6.45) is 0. The van der Waals surface area contributed by atoms with Crippen molar-refractivity contribution in [3.63, 3.8) is 0 Å². The largest absolute Gasteiger partial charge is 0.490 e. The third-order valence-corrected chi connectivity index (χ3v) is 3.66. The number of rotatable bonds is 9. The third-order valence-electron chi connectivity index (χ3n) is 3.37. The first-order valence-corrected chi connectivity index (χ1v) is 7.98. The standard InChI is InChI=1S/C16H26ClN3O3/c1-12(2)20(3)8-7-18-16(21)19-13-5-6-15(14(17)11-13)23-10-9-22-4/h5-6,11-12H,7-10H2,1-4H3,(H2,18,19,21). The number of nitrogens with one attached hydrogen (secondary N) is 2. The van der Waals surface area contributed by atoms with Gasteiger partial charge in [0.2, 0.25) is 0 Å². The van der Waals surface area contributed by atoms with Gasteiger partial charge in [-0.1, -0.05) is 11.6 Å². The summed E-state index contributed by atoms with van der Waals surface area (Å²) in [5.74, 6) is 0.563. The van der Waals surface area contributed by atoms with Gasteiger partial charge in [0.15, 0.2) is 0 Å². The Morgan fingerprint density at radius 1 is 1.35 bits per heavy atom. The number of nitrogens with zero attached hydrogens (tertiary/aromatic N) is 1. The molecule has 0 bridgehead atoms. The molecule has 6 nitrogen and oxygen atoms in total. The molecule has 0 aromatic heterocycles. The van der Waals surface area contributed by atoms with E-state index in [2.05, 4.69) is 29.4 Å². The fourth-order valence-corrected chi connectivity index (χ4v) is 1.94. The first-order chi connectivity index (χ1) is 10.9. The van der Waals surface area contributed by atoms with Crippen molar-refractivity contribution in [2.45, 2.75) is 19.9 Å². The number of methoxy groups -OCH3 is 1. The summed E-state index contributed by atoms with van der Waals surface area (Å²) in [5.41, 5.74) is 0.615. The van der Waals surface area contributed by atoms with Gasteiger partial charge in [-0.05, 0) is 39.1 Å². The smallest absolute Gasteiger partial charge is 0.319 e. The third kappa shape index (κ3) is 7.54. The van der Waals surface area contributed by atoms with Gasteiger partial charge >= 0.3 is 6.03 Å². The number of carbonyl (C=O) groups excluding carboxylic acids is 1. The van der Waals surface area contributed by atoms with Gasteiger partial charge in [-0.15, -0.1) is 0 Å². The van der Waals surface area contributed by atoms with Gasteiger partial charge in [0, 0.05) is 31.9 Å². The predicted molar refractivity (Wildman–Crippen MR) is 93.6 cm³/mol. The zero-order valence-electron chi connectivity index (χ0n) is 14.2. The fraction of sp³-hybridized carbons (Fsp3) is 0.562. The maximum atomic E-state index is 11.8. The summed E-state index contributed by atoms with van der Waals surface area (Å²) < 4.78 is 10.4. The number of hydrogen-bond acceptors (Lipinski definition) is 4. The molecule has 2 amide bonds. The highest BCUT2D eigenvalue weighted by atomic mass is 35.5. The van der Waals surface area contributed by atoms with Crippen molar-refractivity contribution in [2.75, 3.05) is 45.8 Å². The van der Waals surface area contributed by atoms with Crippen LogP contribution in [0.5, 0.6) is 5.75 Å². The maximum Gasteiger partial charge on any atom is 0.319 e. The van der Waals surface area contributed by atoms with Crippen molar-refractivity contribution in [3.8, 4) is 5.75 Å². The number of carbonyl (C=O) groups is 1. The molecule has 0 unspecified atom stereocenters. The van der Waals surface area contributed by atoms with Crippen molar-refractivity contribution in [3.05, 3.63) is 23.2 Å². The summed E-state index contributed by atoms with van der Waals surface area (Å²) in [5, 5.41) is 6.00. The molecule has 0 aliphatic heterocycles. The number of ether oxygens (including phenoxy) is 2. The zero-order chi connectivity index (χ0) is 17.2. The molecular formula is C16H26ClN3O3.